The van der Waals surface area contributed by atoms with Crippen LogP contribution < -0.4 is 10.0 Å². The van der Waals surface area contributed by atoms with Gasteiger partial charge in [0.05, 0.1) is 17.8 Å². The van der Waals surface area contributed by atoms with Crippen LogP contribution in [0.1, 0.15) is 39.5 Å². The van der Waals surface area contributed by atoms with Gasteiger partial charge in [0.15, 0.2) is 0 Å². The van der Waals surface area contributed by atoms with Crippen molar-refractivity contribution < 1.29 is 22.7 Å². The lowest BCUT2D eigenvalue weighted by Gasteiger charge is -2.39. The number of rotatable bonds is 3. The molecule has 29 heavy (non-hydrogen) atoms. The van der Waals surface area contributed by atoms with E-state index in [1.165, 1.54) is 0 Å². The number of hydrogen-bond donors (Lipinski definition) is 2. The molecule has 9 heteroatoms. The first kappa shape index (κ1) is 20.2. The van der Waals surface area contributed by atoms with E-state index in [0.717, 1.165) is 12.8 Å². The molecule has 3 aliphatic rings. The van der Waals surface area contributed by atoms with E-state index in [2.05, 4.69) is 10.0 Å². The normalized spacial score (nSPS) is 30.2. The Balaban J connectivity index is 1.43. The summed E-state index contributed by atoms with van der Waals surface area (Å²) in [5.41, 5.74) is 0.0556. The molecule has 8 nitrogen and oxygen atoms in total. The fraction of sp³-hybridized carbons (Fsp3) is 0.600. The van der Waals surface area contributed by atoms with E-state index in [1.807, 2.05) is 13.8 Å². The van der Waals surface area contributed by atoms with Crippen LogP contribution in [0.15, 0.2) is 29.2 Å². The van der Waals surface area contributed by atoms with Crippen LogP contribution in [0, 0.1) is 11.8 Å². The lowest BCUT2D eigenvalue weighted by atomic mass is 9.92. The van der Waals surface area contributed by atoms with Gasteiger partial charge >= 0.3 is 5.97 Å². The first-order chi connectivity index (χ1) is 13.6. The summed E-state index contributed by atoms with van der Waals surface area (Å²) in [5.74, 6) is -0.845. The van der Waals surface area contributed by atoms with Crippen molar-refractivity contribution in [2.24, 2.45) is 11.8 Å². The molecule has 1 aromatic rings. The van der Waals surface area contributed by atoms with Crippen LogP contribution in [0.25, 0.3) is 0 Å². The van der Waals surface area contributed by atoms with Crippen molar-refractivity contribution >= 4 is 27.6 Å². The summed E-state index contributed by atoms with van der Waals surface area (Å²) in [4.78, 5) is 26.8. The van der Waals surface area contributed by atoms with Crippen LogP contribution in [-0.4, -0.2) is 50.1 Å². The highest BCUT2D eigenvalue weighted by molar-refractivity contribution is 7.89. The lowest BCUT2D eigenvalue weighted by Crippen LogP contribution is -2.54. The Morgan fingerprint density at radius 3 is 2.79 bits per heavy atom. The Bertz CT molecular complexity index is 930. The minimum atomic E-state index is -3.59. The van der Waals surface area contributed by atoms with Gasteiger partial charge in [-0.15, -0.1) is 0 Å². The molecule has 3 atom stereocenters. The van der Waals surface area contributed by atoms with E-state index in [0.29, 0.717) is 25.2 Å². The van der Waals surface area contributed by atoms with Crippen molar-refractivity contribution in [1.82, 2.24) is 9.62 Å². The summed E-state index contributed by atoms with van der Waals surface area (Å²) in [6, 6.07) is 6.80. The first-order valence-electron chi connectivity index (χ1n) is 10.0. The van der Waals surface area contributed by atoms with E-state index < -0.39 is 27.7 Å². The van der Waals surface area contributed by atoms with Gasteiger partial charge in [0.1, 0.15) is 10.5 Å². The number of nitrogens with one attached hydrogen (secondary N) is 2. The van der Waals surface area contributed by atoms with Crippen LogP contribution in [-0.2, 0) is 24.3 Å². The Morgan fingerprint density at radius 1 is 1.31 bits per heavy atom. The molecule has 2 fully saturated rings. The third kappa shape index (κ3) is 4.11. The van der Waals surface area contributed by atoms with Crippen LogP contribution >= 0.6 is 0 Å². The lowest BCUT2D eigenvalue weighted by molar-refractivity contribution is -0.150. The molecule has 2 N–H and O–H groups in total. The smallest absolute Gasteiger partial charge is 0.310 e. The summed E-state index contributed by atoms with van der Waals surface area (Å²) in [7, 11) is -3.59. The van der Waals surface area contributed by atoms with Gasteiger partial charge in [-0.3, -0.25) is 9.59 Å². The molecular weight excluding hydrogens is 394 g/mol. The summed E-state index contributed by atoms with van der Waals surface area (Å²) in [6.07, 6.45) is 1.81. The number of piperidine rings is 1. The average molecular weight is 422 g/mol. The molecule has 3 heterocycles. The van der Waals surface area contributed by atoms with Gasteiger partial charge in [-0.1, -0.05) is 12.1 Å². The van der Waals surface area contributed by atoms with E-state index in [1.54, 1.807) is 29.2 Å². The highest BCUT2D eigenvalue weighted by Gasteiger charge is 2.42. The number of sulfonamides is 1. The number of nitrogens with zero attached hydrogens (tertiary/aromatic N) is 1. The highest BCUT2D eigenvalue weighted by Crippen LogP contribution is 2.34. The molecule has 0 saturated carbocycles. The van der Waals surface area contributed by atoms with Gasteiger partial charge in [-0.25, -0.2) is 8.42 Å². The SMILES string of the molecule is CC1(C)C[C@@H](CC(=O)N2CCC[C@@H]([C@@H]3Nc4ccccc4S(=O)(=O)N3)C2)C(=O)O1. The predicted molar refractivity (Wildman–Crippen MR) is 106 cm³/mol. The number of para-hydroxylation sites is 1. The number of fused-ring (bicyclic) bond motifs is 1. The van der Waals surface area contributed by atoms with Crippen LogP contribution in [0.3, 0.4) is 0 Å². The van der Waals surface area contributed by atoms with Crippen molar-refractivity contribution in [2.45, 2.75) is 56.2 Å². The molecule has 0 aliphatic carbocycles. The second kappa shape index (κ2) is 7.28. The topological polar surface area (TPSA) is 105 Å². The predicted octanol–water partition coefficient (Wildman–Crippen LogP) is 1.69. The fourth-order valence-corrected chi connectivity index (χ4v) is 5.93. The van der Waals surface area contributed by atoms with Crippen molar-refractivity contribution in [3.8, 4) is 0 Å². The van der Waals surface area contributed by atoms with Crippen molar-refractivity contribution in [2.75, 3.05) is 18.4 Å². The molecule has 0 radical (unpaired) electrons. The monoisotopic (exact) mass is 421 g/mol. The van der Waals surface area contributed by atoms with Gasteiger partial charge in [0.2, 0.25) is 15.9 Å². The standard InChI is InChI=1S/C20H27N3O5S/c1-20(2)11-14(19(25)28-20)10-17(24)23-9-5-6-13(12-23)18-21-15-7-3-4-8-16(15)29(26,27)22-18/h3-4,7-8,13-14,18,21-22H,5-6,9-12H2,1-2H3/t13-,14-,18-/m1/s1. The third-order valence-electron chi connectivity index (χ3n) is 5.92. The molecule has 0 bridgehead atoms. The molecule has 0 spiro atoms. The van der Waals surface area contributed by atoms with E-state index >= 15 is 0 Å². The number of cyclic esters (lactones) is 1. The maximum atomic E-state index is 12.8. The second-order valence-electron chi connectivity index (χ2n) is 8.77. The van der Waals surface area contributed by atoms with E-state index in [9.17, 15) is 18.0 Å². The van der Waals surface area contributed by atoms with E-state index in [4.69, 9.17) is 4.74 Å². The largest absolute Gasteiger partial charge is 0.459 e. The van der Waals surface area contributed by atoms with Crippen LogP contribution in [0.5, 0.6) is 0 Å². The van der Waals surface area contributed by atoms with Gasteiger partial charge in [0, 0.05) is 31.8 Å². The molecule has 4 rings (SSSR count). The molecule has 3 aliphatic heterocycles. The maximum Gasteiger partial charge on any atom is 0.310 e. The Morgan fingerprint density at radius 2 is 2.07 bits per heavy atom. The zero-order chi connectivity index (χ0) is 20.8. The van der Waals surface area contributed by atoms with E-state index in [-0.39, 0.29) is 29.1 Å². The highest BCUT2D eigenvalue weighted by atomic mass is 32.2. The Kier molecular flexibility index (Phi) is 5.06. The molecule has 1 aromatic carbocycles. The summed E-state index contributed by atoms with van der Waals surface area (Å²) < 4.78 is 33.2. The van der Waals surface area contributed by atoms with Crippen LogP contribution in [0.4, 0.5) is 5.69 Å². The van der Waals surface area contributed by atoms with Gasteiger partial charge in [-0.2, -0.15) is 4.72 Å². The van der Waals surface area contributed by atoms with Crippen molar-refractivity contribution in [3.05, 3.63) is 24.3 Å². The fourth-order valence-electron chi connectivity index (χ4n) is 4.54. The number of carbonyl (C=O) groups is 2. The zero-order valence-electron chi connectivity index (χ0n) is 16.7. The number of likely N-dealkylation sites (tertiary alicyclic amines) is 1. The molecule has 158 valence electrons. The van der Waals surface area contributed by atoms with Gasteiger partial charge in [-0.05, 0) is 38.8 Å². The quantitative estimate of drug-likeness (QED) is 0.720. The summed E-state index contributed by atoms with van der Waals surface area (Å²) in [5, 5.41) is 3.27. The molecule has 0 aromatic heterocycles. The number of amides is 1. The minimum absolute atomic E-state index is 0.0530. The van der Waals surface area contributed by atoms with Crippen LogP contribution in [0.2, 0.25) is 0 Å². The molecular formula is C20H27N3O5S. The van der Waals surface area contributed by atoms with Crippen molar-refractivity contribution in [1.29, 1.82) is 0 Å². The third-order valence-corrected chi connectivity index (χ3v) is 7.42. The average Bonchev–Trinajstić information content (AvgIpc) is 2.92. The maximum absolute atomic E-state index is 12.8. The number of esters is 1. The number of ether oxygens (including phenoxy) is 1. The molecule has 0 unspecified atom stereocenters. The Labute approximate surface area is 171 Å². The first-order valence-corrected chi connectivity index (χ1v) is 11.5. The number of carbonyl (C=O) groups excluding carboxylic acids is 2. The summed E-state index contributed by atoms with van der Waals surface area (Å²) >= 11 is 0. The number of anilines is 1. The van der Waals surface area contributed by atoms with Crippen molar-refractivity contribution in [3.63, 3.8) is 0 Å². The number of hydrogen-bond acceptors (Lipinski definition) is 6. The summed E-state index contributed by atoms with van der Waals surface area (Å²) in [6.45, 7) is 4.78. The van der Waals surface area contributed by atoms with Gasteiger partial charge < -0.3 is 15.0 Å². The Hall–Kier alpha value is -2.13. The molecule has 1 amide bonds. The minimum Gasteiger partial charge on any atom is -0.459 e. The second-order valence-corrected chi connectivity index (χ2v) is 10.4. The van der Waals surface area contributed by atoms with Gasteiger partial charge in [0.25, 0.3) is 0 Å². The number of benzene rings is 1. The molecule has 2 saturated heterocycles. The zero-order valence-corrected chi connectivity index (χ0v) is 17.5.